The van der Waals surface area contributed by atoms with Crippen LogP contribution in [0.2, 0.25) is 0 Å². The van der Waals surface area contributed by atoms with Crippen molar-refractivity contribution in [3.05, 3.63) is 35.6 Å². The highest BCUT2D eigenvalue weighted by atomic mass is 19.1. The van der Waals surface area contributed by atoms with Gasteiger partial charge in [0.2, 0.25) is 11.8 Å². The van der Waals surface area contributed by atoms with E-state index >= 15 is 0 Å². The third-order valence-corrected chi connectivity index (χ3v) is 6.29. The standard InChI is InChI=1S/C25H39FN4O2/c1-25(2,3)17-22(20-7-9-21(26)10-8-20)27-23(31)18-28-11-6-12-29(16-15-28)19-24(32)30-13-4-5-14-30/h7-10,22H,4-6,11-19H2,1-3H3,(H,27,31). The number of carbonyl (C=O) groups is 2. The van der Waals surface area contributed by atoms with E-state index in [1.165, 1.54) is 12.1 Å². The molecule has 2 aliphatic heterocycles. The average Bonchev–Trinajstić information content (AvgIpc) is 3.17. The second-order valence-electron chi connectivity index (χ2n) is 10.4. The van der Waals surface area contributed by atoms with Crippen LogP contribution in [0.3, 0.4) is 0 Å². The molecule has 1 aromatic carbocycles. The molecular weight excluding hydrogens is 407 g/mol. The molecule has 6 nitrogen and oxygen atoms in total. The predicted octanol–water partition coefficient (Wildman–Crippen LogP) is 3.05. The quantitative estimate of drug-likeness (QED) is 0.700. The van der Waals surface area contributed by atoms with Crippen molar-refractivity contribution in [3.63, 3.8) is 0 Å². The fourth-order valence-corrected chi connectivity index (χ4v) is 4.60. The summed E-state index contributed by atoms with van der Waals surface area (Å²) in [6, 6.07) is 6.26. The second kappa shape index (κ2) is 11.2. The fraction of sp³-hybridized carbons (Fsp3) is 0.680. The molecule has 1 atom stereocenters. The van der Waals surface area contributed by atoms with E-state index in [9.17, 15) is 14.0 Å². The third-order valence-electron chi connectivity index (χ3n) is 6.29. The topological polar surface area (TPSA) is 55.9 Å². The number of benzene rings is 1. The van der Waals surface area contributed by atoms with Gasteiger partial charge in [0.15, 0.2) is 0 Å². The van der Waals surface area contributed by atoms with Crippen LogP contribution in [0.25, 0.3) is 0 Å². The maximum Gasteiger partial charge on any atom is 0.236 e. The molecule has 0 aromatic heterocycles. The molecule has 2 saturated heterocycles. The summed E-state index contributed by atoms with van der Waals surface area (Å²) in [6.07, 6.45) is 3.95. The Morgan fingerprint density at radius 1 is 0.906 bits per heavy atom. The first-order valence-electron chi connectivity index (χ1n) is 12.0. The summed E-state index contributed by atoms with van der Waals surface area (Å²) >= 11 is 0. The highest BCUT2D eigenvalue weighted by molar-refractivity contribution is 5.79. The fourth-order valence-electron chi connectivity index (χ4n) is 4.60. The summed E-state index contributed by atoms with van der Waals surface area (Å²) in [5, 5.41) is 3.18. The van der Waals surface area contributed by atoms with Crippen molar-refractivity contribution in [2.24, 2.45) is 5.41 Å². The number of nitrogens with zero attached hydrogens (tertiary/aromatic N) is 3. The number of amides is 2. The van der Waals surface area contributed by atoms with Gasteiger partial charge < -0.3 is 10.2 Å². The molecule has 1 N–H and O–H groups in total. The molecule has 32 heavy (non-hydrogen) atoms. The molecule has 1 unspecified atom stereocenters. The number of likely N-dealkylation sites (tertiary alicyclic amines) is 1. The van der Waals surface area contributed by atoms with Gasteiger partial charge in [-0.05, 0) is 61.9 Å². The Balaban J connectivity index is 1.51. The van der Waals surface area contributed by atoms with Crippen LogP contribution in [-0.4, -0.2) is 78.9 Å². The van der Waals surface area contributed by atoms with E-state index < -0.39 is 0 Å². The van der Waals surface area contributed by atoms with Crippen LogP contribution in [0.15, 0.2) is 24.3 Å². The molecule has 0 saturated carbocycles. The maximum absolute atomic E-state index is 13.4. The van der Waals surface area contributed by atoms with E-state index in [1.54, 1.807) is 12.1 Å². The summed E-state index contributed by atoms with van der Waals surface area (Å²) in [5.41, 5.74) is 0.953. The highest BCUT2D eigenvalue weighted by Gasteiger charge is 2.25. The molecule has 0 bridgehead atoms. The van der Waals surface area contributed by atoms with Crippen LogP contribution in [0.5, 0.6) is 0 Å². The van der Waals surface area contributed by atoms with Gasteiger partial charge >= 0.3 is 0 Å². The molecule has 0 spiro atoms. The van der Waals surface area contributed by atoms with Gasteiger partial charge in [-0.2, -0.15) is 0 Å². The van der Waals surface area contributed by atoms with Crippen molar-refractivity contribution < 1.29 is 14.0 Å². The van der Waals surface area contributed by atoms with Gasteiger partial charge in [0.25, 0.3) is 0 Å². The van der Waals surface area contributed by atoms with Gasteiger partial charge in [0.05, 0.1) is 19.1 Å². The van der Waals surface area contributed by atoms with E-state index in [0.29, 0.717) is 13.1 Å². The molecule has 0 radical (unpaired) electrons. The summed E-state index contributed by atoms with van der Waals surface area (Å²) in [5.74, 6) is -0.0462. The SMILES string of the molecule is CC(C)(C)CC(NC(=O)CN1CCCN(CC(=O)N2CCCC2)CC1)c1ccc(F)cc1. The van der Waals surface area contributed by atoms with Gasteiger partial charge in [-0.25, -0.2) is 4.39 Å². The molecule has 178 valence electrons. The normalized spacial score (nSPS) is 19.6. The zero-order valence-corrected chi connectivity index (χ0v) is 19.9. The smallest absolute Gasteiger partial charge is 0.236 e. The Labute approximate surface area is 192 Å². The molecule has 7 heteroatoms. The van der Waals surface area contributed by atoms with Gasteiger partial charge in [-0.1, -0.05) is 32.9 Å². The Hall–Kier alpha value is -1.99. The maximum atomic E-state index is 13.4. The van der Waals surface area contributed by atoms with Crippen LogP contribution in [-0.2, 0) is 9.59 Å². The van der Waals surface area contributed by atoms with Crippen LogP contribution in [0.4, 0.5) is 4.39 Å². The van der Waals surface area contributed by atoms with Crippen LogP contribution in [0, 0.1) is 11.2 Å². The van der Waals surface area contributed by atoms with E-state index in [1.807, 2.05) is 4.90 Å². The lowest BCUT2D eigenvalue weighted by Crippen LogP contribution is -2.42. The summed E-state index contributed by atoms with van der Waals surface area (Å²) in [6.45, 7) is 12.4. The largest absolute Gasteiger partial charge is 0.348 e. The van der Waals surface area contributed by atoms with Crippen molar-refractivity contribution in [3.8, 4) is 0 Å². The van der Waals surface area contributed by atoms with Gasteiger partial charge in [0, 0.05) is 26.2 Å². The Morgan fingerprint density at radius 3 is 2.09 bits per heavy atom. The third kappa shape index (κ3) is 7.85. The molecule has 3 rings (SSSR count). The lowest BCUT2D eigenvalue weighted by molar-refractivity contribution is -0.131. The molecule has 0 aliphatic carbocycles. The minimum atomic E-state index is -0.271. The van der Waals surface area contributed by atoms with Crippen molar-refractivity contribution >= 4 is 11.8 Å². The molecular formula is C25H39FN4O2. The van der Waals surface area contributed by atoms with Crippen LogP contribution < -0.4 is 5.32 Å². The van der Waals surface area contributed by atoms with Crippen LogP contribution in [0.1, 0.15) is 58.1 Å². The van der Waals surface area contributed by atoms with Crippen LogP contribution >= 0.6 is 0 Å². The zero-order chi connectivity index (χ0) is 23.1. The lowest BCUT2D eigenvalue weighted by atomic mass is 9.85. The number of rotatable bonds is 7. The van der Waals surface area contributed by atoms with E-state index in [0.717, 1.165) is 70.5 Å². The van der Waals surface area contributed by atoms with E-state index in [2.05, 4.69) is 35.9 Å². The van der Waals surface area contributed by atoms with E-state index in [4.69, 9.17) is 0 Å². The first-order chi connectivity index (χ1) is 15.2. The zero-order valence-electron chi connectivity index (χ0n) is 19.9. The Bertz CT molecular complexity index is 756. The number of hydrogen-bond acceptors (Lipinski definition) is 4. The molecule has 1 aromatic rings. The number of nitrogens with one attached hydrogen (secondary N) is 1. The van der Waals surface area contributed by atoms with E-state index in [-0.39, 0.29) is 29.1 Å². The summed E-state index contributed by atoms with van der Waals surface area (Å²) in [4.78, 5) is 31.7. The first-order valence-corrected chi connectivity index (χ1v) is 12.0. The monoisotopic (exact) mass is 446 g/mol. The van der Waals surface area contributed by atoms with Gasteiger partial charge in [0.1, 0.15) is 5.82 Å². The number of carbonyl (C=O) groups excluding carboxylic acids is 2. The predicted molar refractivity (Wildman–Crippen MR) is 125 cm³/mol. The Morgan fingerprint density at radius 2 is 1.50 bits per heavy atom. The van der Waals surface area contributed by atoms with Crippen molar-refractivity contribution in [1.29, 1.82) is 0 Å². The highest BCUT2D eigenvalue weighted by Crippen LogP contribution is 2.29. The minimum Gasteiger partial charge on any atom is -0.348 e. The molecule has 2 amide bonds. The minimum absolute atomic E-state index is 0.00910. The van der Waals surface area contributed by atoms with Crippen molar-refractivity contribution in [1.82, 2.24) is 20.0 Å². The first kappa shape index (κ1) is 24.6. The average molecular weight is 447 g/mol. The second-order valence-corrected chi connectivity index (χ2v) is 10.4. The Kier molecular flexibility index (Phi) is 8.65. The summed E-state index contributed by atoms with van der Waals surface area (Å²) < 4.78 is 13.4. The van der Waals surface area contributed by atoms with Crippen molar-refractivity contribution in [2.45, 2.75) is 52.5 Å². The molecule has 2 fully saturated rings. The number of halogens is 1. The van der Waals surface area contributed by atoms with Gasteiger partial charge in [-0.15, -0.1) is 0 Å². The summed E-state index contributed by atoms with van der Waals surface area (Å²) in [7, 11) is 0. The van der Waals surface area contributed by atoms with Gasteiger partial charge in [-0.3, -0.25) is 19.4 Å². The lowest BCUT2D eigenvalue weighted by Gasteiger charge is -2.28. The molecule has 2 heterocycles. The molecule has 2 aliphatic rings. The number of hydrogen-bond donors (Lipinski definition) is 1. The van der Waals surface area contributed by atoms with Crippen molar-refractivity contribution in [2.75, 3.05) is 52.4 Å².